The van der Waals surface area contributed by atoms with Crippen molar-refractivity contribution >= 4 is 27.5 Å². The fraction of sp³-hybridized carbons (Fsp3) is 0.600. The number of hydrogen-bond acceptors (Lipinski definition) is 2. The van der Waals surface area contributed by atoms with Crippen LogP contribution in [0.25, 0.3) is 0 Å². The third kappa shape index (κ3) is 3.72. The zero-order valence-electron chi connectivity index (χ0n) is 11.6. The molecular weight excluding hydrogens is 324 g/mol. The van der Waals surface area contributed by atoms with Crippen LogP contribution in [-0.4, -0.2) is 31.1 Å². The van der Waals surface area contributed by atoms with Gasteiger partial charge in [0.05, 0.1) is 5.02 Å². The van der Waals surface area contributed by atoms with E-state index < -0.39 is 0 Å². The molecule has 0 saturated carbocycles. The van der Waals surface area contributed by atoms with Crippen LogP contribution in [0.5, 0.6) is 0 Å². The van der Waals surface area contributed by atoms with E-state index in [1.165, 1.54) is 12.0 Å². The third-order valence-electron chi connectivity index (χ3n) is 4.01. The van der Waals surface area contributed by atoms with Crippen molar-refractivity contribution in [2.24, 2.45) is 5.92 Å². The van der Waals surface area contributed by atoms with E-state index in [1.54, 1.807) is 0 Å². The van der Waals surface area contributed by atoms with Gasteiger partial charge in [0.1, 0.15) is 0 Å². The minimum Gasteiger partial charge on any atom is -0.314 e. The number of piperazine rings is 1. The van der Waals surface area contributed by atoms with E-state index in [4.69, 9.17) is 11.6 Å². The number of benzene rings is 1. The van der Waals surface area contributed by atoms with Gasteiger partial charge in [-0.1, -0.05) is 37.9 Å². The minimum absolute atomic E-state index is 0.487. The molecule has 4 heteroatoms. The fourth-order valence-corrected chi connectivity index (χ4v) is 3.29. The lowest BCUT2D eigenvalue weighted by atomic mass is 9.90. The Morgan fingerprint density at radius 3 is 2.63 bits per heavy atom. The van der Waals surface area contributed by atoms with Crippen LogP contribution in [0.15, 0.2) is 22.7 Å². The highest BCUT2D eigenvalue weighted by Gasteiger charge is 2.26. The molecule has 1 aliphatic heterocycles. The molecule has 0 amide bonds. The summed E-state index contributed by atoms with van der Waals surface area (Å²) in [7, 11) is 0. The van der Waals surface area contributed by atoms with Crippen LogP contribution in [0.2, 0.25) is 5.02 Å². The Hall–Kier alpha value is -0.0900. The van der Waals surface area contributed by atoms with Crippen molar-refractivity contribution < 1.29 is 0 Å². The normalized spacial score (nSPS) is 20.2. The second-order valence-corrected chi connectivity index (χ2v) is 6.55. The molecule has 1 aromatic carbocycles. The van der Waals surface area contributed by atoms with Gasteiger partial charge in [-0.25, -0.2) is 0 Å². The molecule has 1 heterocycles. The molecule has 1 saturated heterocycles. The Balaban J connectivity index is 2.27. The number of nitrogens with one attached hydrogen (secondary N) is 1. The molecule has 1 unspecified atom stereocenters. The predicted octanol–water partition coefficient (Wildman–Crippen LogP) is 4.09. The Morgan fingerprint density at radius 2 is 2.05 bits per heavy atom. The summed E-state index contributed by atoms with van der Waals surface area (Å²) < 4.78 is 0.995. The molecule has 0 aliphatic carbocycles. The molecule has 0 bridgehead atoms. The highest BCUT2D eigenvalue weighted by atomic mass is 79.9. The molecule has 2 rings (SSSR count). The van der Waals surface area contributed by atoms with Crippen LogP contribution in [0.4, 0.5) is 0 Å². The molecule has 0 spiro atoms. The van der Waals surface area contributed by atoms with Gasteiger partial charge in [0.15, 0.2) is 0 Å². The summed E-state index contributed by atoms with van der Waals surface area (Å²) in [6, 6.07) is 6.84. The molecule has 0 aromatic heterocycles. The third-order valence-corrected chi connectivity index (χ3v) is 5.23. The monoisotopic (exact) mass is 344 g/mol. The molecule has 1 fully saturated rings. The van der Waals surface area contributed by atoms with Crippen molar-refractivity contribution in [2.75, 3.05) is 26.2 Å². The maximum Gasteiger partial charge on any atom is 0.0548 e. The lowest BCUT2D eigenvalue weighted by molar-refractivity contribution is 0.128. The molecule has 19 heavy (non-hydrogen) atoms. The van der Waals surface area contributed by atoms with E-state index in [-0.39, 0.29) is 0 Å². The van der Waals surface area contributed by atoms with Gasteiger partial charge in [-0.15, -0.1) is 0 Å². The Labute approximate surface area is 129 Å². The van der Waals surface area contributed by atoms with Crippen LogP contribution >= 0.6 is 27.5 Å². The second kappa shape index (κ2) is 7.07. The predicted molar refractivity (Wildman–Crippen MR) is 85.8 cm³/mol. The van der Waals surface area contributed by atoms with Crippen LogP contribution < -0.4 is 5.32 Å². The van der Waals surface area contributed by atoms with Gasteiger partial charge >= 0.3 is 0 Å². The van der Waals surface area contributed by atoms with Crippen LogP contribution in [0.3, 0.4) is 0 Å². The smallest absolute Gasteiger partial charge is 0.0548 e. The molecule has 2 atom stereocenters. The van der Waals surface area contributed by atoms with Crippen molar-refractivity contribution in [3.05, 3.63) is 33.3 Å². The Morgan fingerprint density at radius 1 is 1.37 bits per heavy atom. The van der Waals surface area contributed by atoms with Crippen molar-refractivity contribution in [3.8, 4) is 0 Å². The number of halogens is 2. The molecule has 1 N–H and O–H groups in total. The summed E-state index contributed by atoms with van der Waals surface area (Å²) in [4.78, 5) is 2.60. The van der Waals surface area contributed by atoms with Crippen LogP contribution in [0.1, 0.15) is 31.9 Å². The van der Waals surface area contributed by atoms with E-state index >= 15 is 0 Å². The SMILES string of the molecule is CCC(C)[C@@H](c1ccc(Cl)c(Br)c1)N1CCNCC1. The summed E-state index contributed by atoms with van der Waals surface area (Å²) >= 11 is 9.66. The highest BCUT2D eigenvalue weighted by Crippen LogP contribution is 2.34. The number of rotatable bonds is 4. The molecule has 1 aromatic rings. The van der Waals surface area contributed by atoms with Crippen LogP contribution in [-0.2, 0) is 0 Å². The maximum atomic E-state index is 6.11. The Kier molecular flexibility index (Phi) is 5.70. The summed E-state index contributed by atoms with van der Waals surface area (Å²) in [5.74, 6) is 0.645. The molecule has 1 aliphatic rings. The van der Waals surface area contributed by atoms with Gasteiger partial charge in [-0.3, -0.25) is 4.90 Å². The average Bonchev–Trinajstić information content (AvgIpc) is 2.44. The first-order valence-corrected chi connectivity index (χ1v) is 8.20. The lowest BCUT2D eigenvalue weighted by Crippen LogP contribution is -2.46. The first-order chi connectivity index (χ1) is 9.13. The first kappa shape index (κ1) is 15.3. The Bertz CT molecular complexity index is 419. The molecule has 106 valence electrons. The summed E-state index contributed by atoms with van der Waals surface area (Å²) in [6.45, 7) is 9.02. The zero-order valence-corrected chi connectivity index (χ0v) is 14.0. The van der Waals surface area contributed by atoms with Gasteiger partial charge < -0.3 is 5.32 Å². The van der Waals surface area contributed by atoms with Gasteiger partial charge in [-0.05, 0) is 39.5 Å². The molecule has 2 nitrogen and oxygen atoms in total. The minimum atomic E-state index is 0.487. The van der Waals surface area contributed by atoms with E-state index in [1.807, 2.05) is 6.07 Å². The largest absolute Gasteiger partial charge is 0.314 e. The lowest BCUT2D eigenvalue weighted by Gasteiger charge is -2.38. The molecule has 0 radical (unpaired) electrons. The standard InChI is InChI=1S/C15H22BrClN2/c1-3-11(2)15(19-8-6-18-7-9-19)12-4-5-14(17)13(16)10-12/h4-5,10-11,15,18H,3,6-9H2,1-2H3/t11?,15-/m0/s1. The topological polar surface area (TPSA) is 15.3 Å². The first-order valence-electron chi connectivity index (χ1n) is 7.03. The summed E-state index contributed by atoms with van der Waals surface area (Å²) in [6.07, 6.45) is 1.19. The highest BCUT2D eigenvalue weighted by molar-refractivity contribution is 9.10. The fourth-order valence-electron chi connectivity index (χ4n) is 2.78. The summed E-state index contributed by atoms with van der Waals surface area (Å²) in [5, 5.41) is 4.21. The average molecular weight is 346 g/mol. The number of nitrogens with zero attached hydrogens (tertiary/aromatic N) is 1. The van der Waals surface area contributed by atoms with Crippen molar-refractivity contribution in [1.29, 1.82) is 0 Å². The van der Waals surface area contributed by atoms with Crippen molar-refractivity contribution in [1.82, 2.24) is 10.2 Å². The second-order valence-electron chi connectivity index (χ2n) is 5.29. The van der Waals surface area contributed by atoms with Gasteiger partial charge in [-0.2, -0.15) is 0 Å². The maximum absolute atomic E-state index is 6.11. The quantitative estimate of drug-likeness (QED) is 0.884. The van der Waals surface area contributed by atoms with Crippen LogP contribution in [0, 0.1) is 5.92 Å². The van der Waals surface area contributed by atoms with Gasteiger partial charge in [0.25, 0.3) is 0 Å². The zero-order chi connectivity index (χ0) is 13.8. The van der Waals surface area contributed by atoms with Gasteiger partial charge in [0, 0.05) is 36.7 Å². The van der Waals surface area contributed by atoms with Crippen molar-refractivity contribution in [3.63, 3.8) is 0 Å². The van der Waals surface area contributed by atoms with Gasteiger partial charge in [0.2, 0.25) is 0 Å². The number of hydrogen-bond donors (Lipinski definition) is 1. The molecular formula is C15H22BrClN2. The van der Waals surface area contributed by atoms with E-state index in [0.29, 0.717) is 12.0 Å². The van der Waals surface area contributed by atoms with Crippen molar-refractivity contribution in [2.45, 2.75) is 26.3 Å². The summed E-state index contributed by atoms with van der Waals surface area (Å²) in [5.41, 5.74) is 1.37. The van der Waals surface area contributed by atoms with E-state index in [2.05, 4.69) is 52.1 Å². The van der Waals surface area contributed by atoms with E-state index in [9.17, 15) is 0 Å². The van der Waals surface area contributed by atoms with E-state index in [0.717, 1.165) is 35.7 Å².